The summed E-state index contributed by atoms with van der Waals surface area (Å²) in [6.07, 6.45) is 3.04. The molecule has 0 aliphatic carbocycles. The molecule has 0 fully saturated rings. The van der Waals surface area contributed by atoms with E-state index >= 15 is 0 Å². The van der Waals surface area contributed by atoms with Gasteiger partial charge in [-0.2, -0.15) is 0 Å². The average Bonchev–Trinajstić information content (AvgIpc) is 3.39. The van der Waals surface area contributed by atoms with Crippen molar-refractivity contribution in [2.45, 2.75) is 38.0 Å². The summed E-state index contributed by atoms with van der Waals surface area (Å²) in [6, 6.07) is 8.75. The first kappa shape index (κ1) is 22.5. The molecule has 7 nitrogen and oxygen atoms in total. The van der Waals surface area contributed by atoms with Gasteiger partial charge in [0.1, 0.15) is 17.3 Å². The van der Waals surface area contributed by atoms with Crippen molar-refractivity contribution in [1.29, 1.82) is 0 Å². The van der Waals surface area contributed by atoms with E-state index in [2.05, 4.69) is 15.5 Å². The van der Waals surface area contributed by atoms with E-state index in [0.717, 1.165) is 29.7 Å². The van der Waals surface area contributed by atoms with Crippen LogP contribution in [0.15, 0.2) is 46.2 Å². The molecular weight excluding hydrogens is 447 g/mol. The van der Waals surface area contributed by atoms with E-state index in [4.69, 9.17) is 32.4 Å². The Kier molecular flexibility index (Phi) is 8.48. The Morgan fingerprint density at radius 3 is 2.90 bits per heavy atom. The summed E-state index contributed by atoms with van der Waals surface area (Å²) in [7, 11) is 0. The van der Waals surface area contributed by atoms with Crippen molar-refractivity contribution in [3.63, 3.8) is 0 Å². The van der Waals surface area contributed by atoms with Crippen LogP contribution in [-0.2, 0) is 24.3 Å². The first-order chi connectivity index (χ1) is 14.6. The number of rotatable bonds is 11. The zero-order valence-corrected chi connectivity index (χ0v) is 18.8. The SMILES string of the molecule is CCn1c(CCCOc2ccc(Cl)cc2Cl)nnc1SCC(=O)NCc1ccco1. The minimum atomic E-state index is -0.0863. The Hall–Kier alpha value is -2.16. The molecule has 0 spiro atoms. The molecule has 0 aliphatic rings. The highest BCUT2D eigenvalue weighted by atomic mass is 35.5. The van der Waals surface area contributed by atoms with Gasteiger partial charge in [0.2, 0.25) is 5.91 Å². The summed E-state index contributed by atoms with van der Waals surface area (Å²) < 4.78 is 12.9. The maximum atomic E-state index is 12.0. The van der Waals surface area contributed by atoms with Crippen LogP contribution in [0.5, 0.6) is 5.75 Å². The van der Waals surface area contributed by atoms with Crippen molar-refractivity contribution in [2.75, 3.05) is 12.4 Å². The summed E-state index contributed by atoms with van der Waals surface area (Å²) in [6.45, 7) is 3.62. The highest BCUT2D eigenvalue weighted by Crippen LogP contribution is 2.27. The normalized spacial score (nSPS) is 10.9. The molecule has 1 N–H and O–H groups in total. The van der Waals surface area contributed by atoms with Gasteiger partial charge in [-0.15, -0.1) is 10.2 Å². The Morgan fingerprint density at radius 2 is 2.17 bits per heavy atom. The minimum absolute atomic E-state index is 0.0863. The number of aryl methyl sites for hydroxylation is 1. The van der Waals surface area contributed by atoms with E-state index < -0.39 is 0 Å². The van der Waals surface area contributed by atoms with Gasteiger partial charge in [0.25, 0.3) is 0 Å². The second-order valence-corrected chi connectivity index (χ2v) is 8.10. The fourth-order valence-corrected chi connectivity index (χ4v) is 4.03. The number of benzene rings is 1. The molecule has 30 heavy (non-hydrogen) atoms. The number of ether oxygens (including phenoxy) is 1. The van der Waals surface area contributed by atoms with Crippen LogP contribution >= 0.6 is 35.0 Å². The molecule has 0 saturated heterocycles. The summed E-state index contributed by atoms with van der Waals surface area (Å²) in [5.74, 6) is 2.36. The van der Waals surface area contributed by atoms with E-state index in [1.165, 1.54) is 11.8 Å². The number of hydrogen-bond donors (Lipinski definition) is 1. The second-order valence-electron chi connectivity index (χ2n) is 6.31. The highest BCUT2D eigenvalue weighted by Gasteiger charge is 2.13. The number of aromatic nitrogens is 3. The van der Waals surface area contributed by atoms with Gasteiger partial charge in [0.15, 0.2) is 5.16 Å². The minimum Gasteiger partial charge on any atom is -0.492 e. The number of furan rings is 1. The molecule has 1 amide bonds. The lowest BCUT2D eigenvalue weighted by atomic mass is 10.3. The van der Waals surface area contributed by atoms with Crippen molar-refractivity contribution in [2.24, 2.45) is 0 Å². The van der Waals surface area contributed by atoms with Gasteiger partial charge in [-0.25, -0.2) is 0 Å². The fourth-order valence-electron chi connectivity index (χ4n) is 2.71. The molecule has 0 atom stereocenters. The number of nitrogens with zero attached hydrogens (tertiary/aromatic N) is 3. The molecule has 2 aromatic heterocycles. The number of carbonyl (C=O) groups is 1. The van der Waals surface area contributed by atoms with Crippen LogP contribution in [0.4, 0.5) is 0 Å². The topological polar surface area (TPSA) is 82.2 Å². The van der Waals surface area contributed by atoms with Gasteiger partial charge in [-0.1, -0.05) is 35.0 Å². The number of nitrogens with one attached hydrogen (secondary N) is 1. The summed E-state index contributed by atoms with van der Waals surface area (Å²) >= 11 is 13.4. The molecule has 0 radical (unpaired) electrons. The summed E-state index contributed by atoms with van der Waals surface area (Å²) in [4.78, 5) is 12.0. The monoisotopic (exact) mass is 468 g/mol. The van der Waals surface area contributed by atoms with E-state index in [0.29, 0.717) is 35.4 Å². The van der Waals surface area contributed by atoms with Crippen molar-refractivity contribution in [3.8, 4) is 5.75 Å². The first-order valence-electron chi connectivity index (χ1n) is 9.48. The van der Waals surface area contributed by atoms with Crippen LogP contribution in [0.25, 0.3) is 0 Å². The Morgan fingerprint density at radius 1 is 1.30 bits per heavy atom. The number of thioether (sulfide) groups is 1. The summed E-state index contributed by atoms with van der Waals surface area (Å²) in [5, 5.41) is 13.1. The Balaban J connectivity index is 1.44. The van der Waals surface area contributed by atoms with Gasteiger partial charge in [-0.3, -0.25) is 4.79 Å². The zero-order chi connectivity index (χ0) is 21.3. The summed E-state index contributed by atoms with van der Waals surface area (Å²) in [5.41, 5.74) is 0. The maximum absolute atomic E-state index is 12.0. The largest absolute Gasteiger partial charge is 0.492 e. The maximum Gasteiger partial charge on any atom is 0.230 e. The van der Waals surface area contributed by atoms with Gasteiger partial charge in [0, 0.05) is 18.0 Å². The molecule has 3 aromatic rings. The molecule has 0 saturated carbocycles. The molecule has 3 rings (SSSR count). The van der Waals surface area contributed by atoms with Crippen molar-refractivity contribution < 1.29 is 13.9 Å². The van der Waals surface area contributed by atoms with E-state index in [1.54, 1.807) is 30.5 Å². The van der Waals surface area contributed by atoms with Crippen LogP contribution in [0, 0.1) is 0 Å². The highest BCUT2D eigenvalue weighted by molar-refractivity contribution is 7.99. The molecule has 0 bridgehead atoms. The van der Waals surface area contributed by atoms with Gasteiger partial charge in [0.05, 0.1) is 30.2 Å². The van der Waals surface area contributed by atoms with Gasteiger partial charge < -0.3 is 19.0 Å². The van der Waals surface area contributed by atoms with Crippen molar-refractivity contribution in [1.82, 2.24) is 20.1 Å². The third-order valence-electron chi connectivity index (χ3n) is 4.18. The first-order valence-corrected chi connectivity index (χ1v) is 11.2. The lowest BCUT2D eigenvalue weighted by Crippen LogP contribution is -2.24. The van der Waals surface area contributed by atoms with Crippen LogP contribution < -0.4 is 10.1 Å². The van der Waals surface area contributed by atoms with Gasteiger partial charge >= 0.3 is 0 Å². The van der Waals surface area contributed by atoms with Crippen LogP contribution in [0.3, 0.4) is 0 Å². The molecular formula is C20H22Cl2N4O3S. The van der Waals surface area contributed by atoms with E-state index in [-0.39, 0.29) is 11.7 Å². The lowest BCUT2D eigenvalue weighted by Gasteiger charge is -2.09. The molecule has 1 aromatic carbocycles. The quantitative estimate of drug-likeness (QED) is 0.326. The molecule has 2 heterocycles. The third kappa shape index (κ3) is 6.42. The predicted molar refractivity (Wildman–Crippen MR) is 117 cm³/mol. The van der Waals surface area contributed by atoms with Crippen LogP contribution in [0.1, 0.15) is 24.9 Å². The van der Waals surface area contributed by atoms with Crippen LogP contribution in [0.2, 0.25) is 10.0 Å². The number of halogens is 2. The third-order valence-corrected chi connectivity index (χ3v) is 5.68. The fraction of sp³-hybridized carbons (Fsp3) is 0.350. The smallest absolute Gasteiger partial charge is 0.230 e. The molecule has 0 unspecified atom stereocenters. The van der Waals surface area contributed by atoms with Gasteiger partial charge in [-0.05, 0) is 43.7 Å². The lowest BCUT2D eigenvalue weighted by molar-refractivity contribution is -0.118. The zero-order valence-electron chi connectivity index (χ0n) is 16.4. The second kappa shape index (κ2) is 11.3. The number of carbonyl (C=O) groups excluding carboxylic acids is 1. The Labute approximate surface area is 189 Å². The standard InChI is InChI=1S/C20H22Cl2N4O3S/c1-2-26-18(6-4-10-29-17-8-7-14(21)11-16(17)22)24-25-20(26)30-13-19(27)23-12-15-5-3-9-28-15/h3,5,7-9,11H,2,4,6,10,12-13H2,1H3,(H,23,27). The molecule has 0 aliphatic heterocycles. The van der Waals surface area contributed by atoms with E-state index in [1.807, 2.05) is 17.6 Å². The van der Waals surface area contributed by atoms with Crippen molar-refractivity contribution >= 4 is 40.9 Å². The predicted octanol–water partition coefficient (Wildman–Crippen LogP) is 4.62. The van der Waals surface area contributed by atoms with Crippen molar-refractivity contribution in [3.05, 3.63) is 58.2 Å². The molecule has 10 heteroatoms. The van der Waals surface area contributed by atoms with E-state index in [9.17, 15) is 4.79 Å². The number of amides is 1. The molecule has 160 valence electrons. The van der Waals surface area contributed by atoms with Crippen LogP contribution in [-0.4, -0.2) is 33.0 Å². The average molecular weight is 469 g/mol. The Bertz CT molecular complexity index is 963. The number of hydrogen-bond acceptors (Lipinski definition) is 6.